The summed E-state index contributed by atoms with van der Waals surface area (Å²) in [5.74, 6) is 3.52. The van der Waals surface area contributed by atoms with Gasteiger partial charge in [0, 0.05) is 33.2 Å². The zero-order chi connectivity index (χ0) is 20.6. The molecule has 0 radical (unpaired) electrons. The number of aromatic nitrogens is 3. The number of nitrogens with zero attached hydrogens (tertiary/aromatic N) is 5. The van der Waals surface area contributed by atoms with Crippen LogP contribution in [0.1, 0.15) is 43.7 Å². The molecule has 10 heteroatoms. The molecule has 2 unspecified atom stereocenters. The summed E-state index contributed by atoms with van der Waals surface area (Å²) < 4.78 is 12.8. The fourth-order valence-electron chi connectivity index (χ4n) is 3.80. The lowest BCUT2D eigenvalue weighted by molar-refractivity contribution is 0.177. The largest absolute Gasteiger partial charge is 0.468 e. The molecule has 2 aromatic rings. The number of methoxy groups -OCH3 is 1. The molecule has 2 N–H and O–H groups in total. The van der Waals surface area contributed by atoms with Crippen molar-refractivity contribution < 1.29 is 9.15 Å². The van der Waals surface area contributed by atoms with Crippen molar-refractivity contribution in [2.45, 2.75) is 51.9 Å². The van der Waals surface area contributed by atoms with Gasteiger partial charge in [0.15, 0.2) is 11.8 Å². The molecule has 3 heterocycles. The van der Waals surface area contributed by atoms with E-state index in [0.29, 0.717) is 13.2 Å². The second-order valence-electron chi connectivity index (χ2n) is 7.14. The molecule has 9 nitrogen and oxygen atoms in total. The van der Waals surface area contributed by atoms with Crippen LogP contribution in [-0.4, -0.2) is 65.5 Å². The Kier molecular flexibility index (Phi) is 10.1. The third kappa shape index (κ3) is 6.17. The molecule has 0 saturated heterocycles. The van der Waals surface area contributed by atoms with Crippen LogP contribution in [0.3, 0.4) is 0 Å². The van der Waals surface area contributed by atoms with Crippen LogP contribution in [0.4, 0.5) is 0 Å². The minimum Gasteiger partial charge on any atom is -0.468 e. The molecule has 0 aliphatic carbocycles. The van der Waals surface area contributed by atoms with Gasteiger partial charge < -0.3 is 19.8 Å². The summed E-state index contributed by atoms with van der Waals surface area (Å²) in [5.41, 5.74) is 0. The van der Waals surface area contributed by atoms with Crippen LogP contribution >= 0.6 is 24.0 Å². The van der Waals surface area contributed by atoms with Crippen LogP contribution in [0.5, 0.6) is 0 Å². The first-order chi connectivity index (χ1) is 14.2. The highest BCUT2D eigenvalue weighted by molar-refractivity contribution is 14.0. The predicted molar refractivity (Wildman–Crippen MR) is 127 cm³/mol. The van der Waals surface area contributed by atoms with Gasteiger partial charge in [-0.1, -0.05) is 13.8 Å². The van der Waals surface area contributed by atoms with Crippen LogP contribution in [0.15, 0.2) is 27.8 Å². The van der Waals surface area contributed by atoms with Crippen LogP contribution < -0.4 is 10.6 Å². The topological polar surface area (TPSA) is 92.7 Å². The van der Waals surface area contributed by atoms with Crippen LogP contribution in [-0.2, 0) is 24.3 Å². The summed E-state index contributed by atoms with van der Waals surface area (Å²) in [4.78, 5) is 11.3. The summed E-state index contributed by atoms with van der Waals surface area (Å²) >= 11 is 0. The Hall–Kier alpha value is -1.66. The smallest absolute Gasteiger partial charge is 0.191 e. The molecule has 0 bridgehead atoms. The van der Waals surface area contributed by atoms with Crippen molar-refractivity contribution in [3.05, 3.63) is 35.8 Å². The van der Waals surface area contributed by atoms with Crippen molar-refractivity contribution in [2.24, 2.45) is 4.99 Å². The van der Waals surface area contributed by atoms with Crippen molar-refractivity contribution >= 4 is 29.9 Å². The molecule has 30 heavy (non-hydrogen) atoms. The molecule has 0 aromatic carbocycles. The normalized spacial score (nSPS) is 17.4. The first-order valence-corrected chi connectivity index (χ1v) is 10.3. The Morgan fingerprint density at radius 2 is 2.23 bits per heavy atom. The maximum atomic E-state index is 5.69. The van der Waals surface area contributed by atoms with Gasteiger partial charge in [0.25, 0.3) is 0 Å². The molecule has 0 saturated carbocycles. The number of likely N-dealkylation sites (N-methyl/N-ethyl adjacent to an activating group) is 1. The minimum absolute atomic E-state index is 0. The Labute approximate surface area is 195 Å². The van der Waals surface area contributed by atoms with E-state index in [1.165, 1.54) is 0 Å². The van der Waals surface area contributed by atoms with Crippen LogP contribution in [0.25, 0.3) is 0 Å². The van der Waals surface area contributed by atoms with E-state index < -0.39 is 0 Å². The number of hydrogen-bond acceptors (Lipinski definition) is 6. The van der Waals surface area contributed by atoms with E-state index in [4.69, 9.17) is 9.15 Å². The Balaban J connectivity index is 0.00000320. The van der Waals surface area contributed by atoms with Crippen molar-refractivity contribution in [3.63, 3.8) is 0 Å². The number of guanidine groups is 1. The quantitative estimate of drug-likeness (QED) is 0.291. The van der Waals surface area contributed by atoms with E-state index in [1.54, 1.807) is 20.4 Å². The predicted octanol–water partition coefficient (Wildman–Crippen LogP) is 2.20. The molecule has 0 amide bonds. The van der Waals surface area contributed by atoms with Gasteiger partial charge in [-0.15, -0.1) is 24.0 Å². The molecule has 2 aromatic heterocycles. The first-order valence-electron chi connectivity index (χ1n) is 10.3. The highest BCUT2D eigenvalue weighted by Crippen LogP contribution is 2.20. The number of aliphatic imine (C=N–C) groups is 1. The third-order valence-corrected chi connectivity index (χ3v) is 5.33. The van der Waals surface area contributed by atoms with E-state index in [2.05, 4.69) is 44.5 Å². The van der Waals surface area contributed by atoms with Crippen molar-refractivity contribution in [1.82, 2.24) is 30.3 Å². The minimum atomic E-state index is 0. The number of rotatable bonds is 9. The zero-order valence-corrected chi connectivity index (χ0v) is 20.6. The van der Waals surface area contributed by atoms with Crippen molar-refractivity contribution in [1.29, 1.82) is 0 Å². The molecular weight excluding hydrogens is 497 g/mol. The molecule has 168 valence electrons. The molecule has 0 spiro atoms. The number of furan rings is 1. The van der Waals surface area contributed by atoms with E-state index >= 15 is 0 Å². The van der Waals surface area contributed by atoms with Gasteiger partial charge in [0.05, 0.1) is 18.8 Å². The van der Waals surface area contributed by atoms with Gasteiger partial charge in [0.2, 0.25) is 0 Å². The van der Waals surface area contributed by atoms with Gasteiger partial charge in [0.1, 0.15) is 18.2 Å². The first kappa shape index (κ1) is 24.6. The number of ether oxygens (including phenoxy) is 1. The highest BCUT2D eigenvalue weighted by Gasteiger charge is 2.24. The molecule has 1 aliphatic rings. The summed E-state index contributed by atoms with van der Waals surface area (Å²) in [6.45, 7) is 8.18. The van der Waals surface area contributed by atoms with E-state index in [1.807, 2.05) is 16.8 Å². The Morgan fingerprint density at radius 1 is 1.43 bits per heavy atom. The molecular formula is C20H34IN7O2. The van der Waals surface area contributed by atoms with E-state index in [-0.39, 0.29) is 36.1 Å². The fraction of sp³-hybridized carbons (Fsp3) is 0.650. The highest BCUT2D eigenvalue weighted by atomic mass is 127. The van der Waals surface area contributed by atoms with Crippen LogP contribution in [0.2, 0.25) is 0 Å². The molecule has 0 fully saturated rings. The number of aryl methyl sites for hydroxylation is 1. The SMILES string of the molecule is CCN(CC)C(CNC(=NC)NC1CCc2nc(COC)nn2C1)c1ccco1.I. The number of hydrogen-bond donors (Lipinski definition) is 2. The molecule has 1 aliphatic heterocycles. The summed E-state index contributed by atoms with van der Waals surface area (Å²) in [7, 11) is 3.46. The van der Waals surface area contributed by atoms with Gasteiger partial charge in [-0.2, -0.15) is 5.10 Å². The average Bonchev–Trinajstić information content (AvgIpc) is 3.39. The molecule has 3 rings (SSSR count). The Bertz CT molecular complexity index is 774. The number of nitrogens with one attached hydrogen (secondary N) is 2. The molecule has 2 atom stereocenters. The zero-order valence-electron chi connectivity index (χ0n) is 18.3. The monoisotopic (exact) mass is 531 g/mol. The van der Waals surface area contributed by atoms with Gasteiger partial charge in [-0.05, 0) is 31.6 Å². The lowest BCUT2D eigenvalue weighted by atomic mass is 10.1. The third-order valence-electron chi connectivity index (χ3n) is 5.33. The summed E-state index contributed by atoms with van der Waals surface area (Å²) in [6.07, 6.45) is 3.61. The van der Waals surface area contributed by atoms with E-state index in [0.717, 1.165) is 55.8 Å². The summed E-state index contributed by atoms with van der Waals surface area (Å²) in [5, 5.41) is 11.5. The lowest BCUT2D eigenvalue weighted by Crippen LogP contribution is -2.49. The standard InChI is InChI=1S/C20H33N7O2.HI/c1-5-26(6-2)16(17-8-7-11-29-17)12-22-20(21-3)23-15-9-10-19-24-18(14-28-4)25-27(19)13-15;/h7-8,11,15-16H,5-6,9-10,12-14H2,1-4H3,(H2,21,22,23);1H. The maximum Gasteiger partial charge on any atom is 0.191 e. The van der Waals surface area contributed by atoms with E-state index in [9.17, 15) is 0 Å². The number of halogens is 1. The maximum absolute atomic E-state index is 5.69. The average molecular weight is 531 g/mol. The van der Waals surface area contributed by atoms with Gasteiger partial charge >= 0.3 is 0 Å². The summed E-state index contributed by atoms with van der Waals surface area (Å²) in [6, 6.07) is 4.38. The Morgan fingerprint density at radius 3 is 2.87 bits per heavy atom. The van der Waals surface area contributed by atoms with Crippen LogP contribution in [0, 0.1) is 0 Å². The van der Waals surface area contributed by atoms with Crippen molar-refractivity contribution in [3.8, 4) is 0 Å². The van der Waals surface area contributed by atoms with Gasteiger partial charge in [-0.25, -0.2) is 9.67 Å². The fourth-order valence-corrected chi connectivity index (χ4v) is 3.80. The van der Waals surface area contributed by atoms with Gasteiger partial charge in [-0.3, -0.25) is 9.89 Å². The lowest BCUT2D eigenvalue weighted by Gasteiger charge is -2.30. The second-order valence-corrected chi connectivity index (χ2v) is 7.14. The second kappa shape index (κ2) is 12.3. The number of fused-ring (bicyclic) bond motifs is 1. The van der Waals surface area contributed by atoms with Crippen molar-refractivity contribution in [2.75, 3.05) is 33.8 Å².